The zero-order chi connectivity index (χ0) is 19.6. The molecule has 9 nitrogen and oxygen atoms in total. The first kappa shape index (κ1) is 18.5. The van der Waals surface area contributed by atoms with Crippen LogP contribution >= 0.6 is 0 Å². The lowest BCUT2D eigenvalue weighted by Crippen LogP contribution is -2.30. The smallest absolute Gasteiger partial charge is 0.338 e. The number of rotatable bonds is 6. The highest BCUT2D eigenvalue weighted by molar-refractivity contribution is 7.92. The molecule has 0 saturated carbocycles. The van der Waals surface area contributed by atoms with Gasteiger partial charge in [-0.2, -0.15) is 0 Å². The summed E-state index contributed by atoms with van der Waals surface area (Å²) in [6, 6.07) is 9.83. The number of hydrogen-bond donors (Lipinski definition) is 2. The van der Waals surface area contributed by atoms with Gasteiger partial charge in [-0.15, -0.1) is 0 Å². The third-order valence-corrected chi connectivity index (χ3v) is 5.07. The average molecular weight is 392 g/mol. The van der Waals surface area contributed by atoms with Gasteiger partial charge in [0.25, 0.3) is 15.9 Å². The summed E-state index contributed by atoms with van der Waals surface area (Å²) < 4.78 is 42.9. The van der Waals surface area contributed by atoms with E-state index in [2.05, 4.69) is 4.72 Å². The van der Waals surface area contributed by atoms with Gasteiger partial charge in [-0.05, 0) is 37.3 Å². The number of ether oxygens (including phenoxy) is 3. The van der Waals surface area contributed by atoms with Gasteiger partial charge in [0, 0.05) is 6.07 Å². The first-order chi connectivity index (χ1) is 12.8. The van der Waals surface area contributed by atoms with Crippen LogP contribution in [0.3, 0.4) is 0 Å². The number of nitrogens with one attached hydrogen (secondary N) is 1. The van der Waals surface area contributed by atoms with Crippen LogP contribution in [0.15, 0.2) is 47.4 Å². The molecule has 27 heavy (non-hydrogen) atoms. The molecule has 0 fully saturated rings. The second-order valence-electron chi connectivity index (χ2n) is 5.65. The van der Waals surface area contributed by atoms with Gasteiger partial charge in [-0.3, -0.25) is 9.52 Å². The van der Waals surface area contributed by atoms with E-state index in [0.717, 1.165) is 6.07 Å². The van der Waals surface area contributed by atoms with Crippen molar-refractivity contribution >= 4 is 27.6 Å². The lowest BCUT2D eigenvalue weighted by Gasteiger charge is -2.11. The van der Waals surface area contributed by atoms with E-state index in [-0.39, 0.29) is 22.9 Å². The van der Waals surface area contributed by atoms with Crippen LogP contribution in [0.2, 0.25) is 0 Å². The SMILES string of the molecule is C[C@@H](OC(=O)c1cccc(S(=O)(=O)Nc2ccc3c(c2)OCO3)c1)C(N)=O. The number of benzene rings is 2. The molecule has 1 heterocycles. The quantitative estimate of drug-likeness (QED) is 0.707. The van der Waals surface area contributed by atoms with E-state index >= 15 is 0 Å². The summed E-state index contributed by atoms with van der Waals surface area (Å²) in [5.41, 5.74) is 5.29. The van der Waals surface area contributed by atoms with Gasteiger partial charge in [0.1, 0.15) is 0 Å². The van der Waals surface area contributed by atoms with E-state index in [0.29, 0.717) is 11.5 Å². The Hall–Kier alpha value is -3.27. The Morgan fingerprint density at radius 2 is 1.89 bits per heavy atom. The van der Waals surface area contributed by atoms with Crippen molar-refractivity contribution in [2.45, 2.75) is 17.9 Å². The van der Waals surface area contributed by atoms with Crippen LogP contribution in [0.1, 0.15) is 17.3 Å². The van der Waals surface area contributed by atoms with Gasteiger partial charge in [0.2, 0.25) is 6.79 Å². The molecular weight excluding hydrogens is 376 g/mol. The van der Waals surface area contributed by atoms with Crippen LogP contribution in [0.4, 0.5) is 5.69 Å². The number of sulfonamides is 1. The van der Waals surface area contributed by atoms with Crippen molar-refractivity contribution in [2.24, 2.45) is 5.73 Å². The van der Waals surface area contributed by atoms with Crippen LogP contribution in [-0.2, 0) is 19.6 Å². The molecule has 0 unspecified atom stereocenters. The Morgan fingerprint density at radius 3 is 2.63 bits per heavy atom. The van der Waals surface area contributed by atoms with Crippen LogP contribution in [-0.4, -0.2) is 33.2 Å². The molecule has 0 aliphatic carbocycles. The third-order valence-electron chi connectivity index (χ3n) is 3.69. The zero-order valence-electron chi connectivity index (χ0n) is 14.2. The molecule has 2 aromatic carbocycles. The number of fused-ring (bicyclic) bond motifs is 1. The fraction of sp³-hybridized carbons (Fsp3) is 0.176. The van der Waals surface area contributed by atoms with Crippen molar-refractivity contribution in [1.82, 2.24) is 0 Å². The number of hydrogen-bond acceptors (Lipinski definition) is 7. The van der Waals surface area contributed by atoms with E-state index < -0.39 is 28.0 Å². The van der Waals surface area contributed by atoms with Crippen LogP contribution in [0.5, 0.6) is 11.5 Å². The lowest BCUT2D eigenvalue weighted by atomic mass is 10.2. The highest BCUT2D eigenvalue weighted by atomic mass is 32.2. The van der Waals surface area contributed by atoms with Gasteiger partial charge in [0.05, 0.1) is 16.1 Å². The maximum atomic E-state index is 12.6. The average Bonchev–Trinajstić information content (AvgIpc) is 3.09. The number of carbonyl (C=O) groups excluding carboxylic acids is 2. The molecule has 0 bridgehead atoms. The normalized spacial score (nSPS) is 13.7. The Bertz CT molecular complexity index is 1000. The standard InChI is InChI=1S/C17H16N2O7S/c1-10(16(18)20)26-17(21)11-3-2-4-13(7-11)27(22,23)19-12-5-6-14-15(8-12)25-9-24-14/h2-8,10,19H,9H2,1H3,(H2,18,20)/t10-/m1/s1. The van der Waals surface area contributed by atoms with Crippen molar-refractivity contribution in [3.63, 3.8) is 0 Å². The first-order valence-electron chi connectivity index (χ1n) is 7.79. The molecule has 1 aliphatic heterocycles. The molecule has 3 rings (SSSR count). The first-order valence-corrected chi connectivity index (χ1v) is 9.27. The van der Waals surface area contributed by atoms with Crippen molar-refractivity contribution < 1.29 is 32.2 Å². The van der Waals surface area contributed by atoms with Gasteiger partial charge in [0.15, 0.2) is 17.6 Å². The Labute approximate surface area is 155 Å². The van der Waals surface area contributed by atoms with Crippen molar-refractivity contribution in [3.8, 4) is 11.5 Å². The summed E-state index contributed by atoms with van der Waals surface area (Å²) >= 11 is 0. The number of nitrogens with two attached hydrogens (primary N) is 1. The largest absolute Gasteiger partial charge is 0.454 e. The van der Waals surface area contributed by atoms with Crippen molar-refractivity contribution in [2.75, 3.05) is 11.5 Å². The minimum absolute atomic E-state index is 0.0309. The fourth-order valence-corrected chi connectivity index (χ4v) is 3.35. The van der Waals surface area contributed by atoms with Gasteiger partial charge in [-0.25, -0.2) is 13.2 Å². The predicted octanol–water partition coefficient (Wildman–Crippen LogP) is 1.25. The molecule has 2 aromatic rings. The summed E-state index contributed by atoms with van der Waals surface area (Å²) in [6.45, 7) is 1.39. The monoisotopic (exact) mass is 392 g/mol. The number of esters is 1. The molecule has 1 atom stereocenters. The van der Waals surface area contributed by atoms with Gasteiger partial charge >= 0.3 is 5.97 Å². The topological polar surface area (TPSA) is 134 Å². The third kappa shape index (κ3) is 4.11. The fourth-order valence-electron chi connectivity index (χ4n) is 2.25. The molecule has 142 valence electrons. The number of anilines is 1. The van der Waals surface area contributed by atoms with E-state index in [1.807, 2.05) is 0 Å². The van der Waals surface area contributed by atoms with Crippen molar-refractivity contribution in [3.05, 3.63) is 48.0 Å². The zero-order valence-corrected chi connectivity index (χ0v) is 15.0. The minimum atomic E-state index is -3.98. The summed E-state index contributed by atoms with van der Waals surface area (Å²) in [6.07, 6.45) is -1.13. The van der Waals surface area contributed by atoms with E-state index in [9.17, 15) is 18.0 Å². The summed E-state index contributed by atoms with van der Waals surface area (Å²) in [4.78, 5) is 22.9. The molecule has 0 aromatic heterocycles. The van der Waals surface area contributed by atoms with Crippen LogP contribution in [0.25, 0.3) is 0 Å². The van der Waals surface area contributed by atoms with Crippen LogP contribution in [0, 0.1) is 0 Å². The molecular formula is C17H16N2O7S. The van der Waals surface area contributed by atoms with E-state index in [1.165, 1.54) is 37.3 Å². The maximum Gasteiger partial charge on any atom is 0.338 e. The molecule has 3 N–H and O–H groups in total. The van der Waals surface area contributed by atoms with E-state index in [4.69, 9.17) is 19.9 Å². The predicted molar refractivity (Wildman–Crippen MR) is 93.9 cm³/mol. The molecule has 0 radical (unpaired) electrons. The summed E-state index contributed by atoms with van der Waals surface area (Å²) in [5, 5.41) is 0. The Balaban J connectivity index is 1.80. The summed E-state index contributed by atoms with van der Waals surface area (Å²) in [5.74, 6) is -0.725. The molecule has 0 spiro atoms. The highest BCUT2D eigenvalue weighted by Crippen LogP contribution is 2.34. The number of primary amides is 1. The summed E-state index contributed by atoms with van der Waals surface area (Å²) in [7, 11) is -3.98. The minimum Gasteiger partial charge on any atom is -0.454 e. The Morgan fingerprint density at radius 1 is 1.15 bits per heavy atom. The second kappa shape index (κ2) is 7.16. The van der Waals surface area contributed by atoms with Crippen LogP contribution < -0.4 is 19.9 Å². The molecule has 0 saturated heterocycles. The maximum absolute atomic E-state index is 12.6. The highest BCUT2D eigenvalue weighted by Gasteiger charge is 2.21. The number of carbonyl (C=O) groups is 2. The van der Waals surface area contributed by atoms with Gasteiger partial charge < -0.3 is 19.9 Å². The van der Waals surface area contributed by atoms with Crippen molar-refractivity contribution in [1.29, 1.82) is 0 Å². The van der Waals surface area contributed by atoms with E-state index in [1.54, 1.807) is 6.07 Å². The van der Waals surface area contributed by atoms with Gasteiger partial charge in [-0.1, -0.05) is 6.07 Å². The number of amides is 1. The molecule has 1 amide bonds. The molecule has 10 heteroatoms. The molecule has 1 aliphatic rings. The second-order valence-corrected chi connectivity index (χ2v) is 7.33. The Kier molecular flexibility index (Phi) is 4.91. The lowest BCUT2D eigenvalue weighted by molar-refractivity contribution is -0.125.